The van der Waals surface area contributed by atoms with Gasteiger partial charge in [0, 0.05) is 0 Å². The Bertz CT molecular complexity index is 353. The predicted molar refractivity (Wildman–Crippen MR) is 91.6 cm³/mol. The van der Waals surface area contributed by atoms with Crippen molar-refractivity contribution in [2.75, 3.05) is 11.5 Å². The molecule has 2 atom stereocenters. The SMILES string of the molecule is ClC1SCCCCCCCSC(Cl)c2cccc1c2. The molecular formula is C15H20Cl2S2. The monoisotopic (exact) mass is 334 g/mol. The quantitative estimate of drug-likeness (QED) is 0.490. The molecule has 19 heavy (non-hydrogen) atoms. The van der Waals surface area contributed by atoms with Crippen LogP contribution in [-0.4, -0.2) is 11.5 Å². The fraction of sp³-hybridized carbons (Fsp3) is 0.600. The number of halogens is 2. The molecule has 106 valence electrons. The van der Waals surface area contributed by atoms with Crippen LogP contribution in [0.2, 0.25) is 0 Å². The first kappa shape index (κ1) is 15.9. The van der Waals surface area contributed by atoms with Crippen molar-refractivity contribution in [2.45, 2.75) is 41.5 Å². The summed E-state index contributed by atoms with van der Waals surface area (Å²) in [4.78, 5) is 0. The van der Waals surface area contributed by atoms with Gasteiger partial charge in [-0.15, -0.1) is 46.7 Å². The molecule has 0 amide bonds. The molecule has 0 saturated heterocycles. The molecule has 4 heteroatoms. The molecule has 1 aliphatic rings. The van der Waals surface area contributed by atoms with E-state index >= 15 is 0 Å². The van der Waals surface area contributed by atoms with E-state index in [2.05, 4.69) is 24.3 Å². The number of benzene rings is 1. The van der Waals surface area contributed by atoms with Gasteiger partial charge in [-0.2, -0.15) is 0 Å². The van der Waals surface area contributed by atoms with Gasteiger partial charge in [-0.3, -0.25) is 0 Å². The number of hydrogen-bond donors (Lipinski definition) is 0. The van der Waals surface area contributed by atoms with Gasteiger partial charge in [0.2, 0.25) is 0 Å². The third-order valence-electron chi connectivity index (χ3n) is 3.25. The Morgan fingerprint density at radius 1 is 0.789 bits per heavy atom. The highest BCUT2D eigenvalue weighted by molar-refractivity contribution is 8.00. The molecule has 2 bridgehead atoms. The molecule has 0 N–H and O–H groups in total. The number of thioether (sulfide) groups is 2. The average Bonchev–Trinajstić information content (AvgIpc) is 2.44. The van der Waals surface area contributed by atoms with E-state index in [0.29, 0.717) is 0 Å². The third kappa shape index (κ3) is 5.41. The lowest BCUT2D eigenvalue weighted by molar-refractivity contribution is 0.662. The summed E-state index contributed by atoms with van der Waals surface area (Å²) in [5.41, 5.74) is 2.37. The molecule has 1 aromatic carbocycles. The molecule has 2 rings (SSSR count). The van der Waals surface area contributed by atoms with E-state index in [9.17, 15) is 0 Å². The summed E-state index contributed by atoms with van der Waals surface area (Å²) in [6.45, 7) is 0. The second-order valence-electron chi connectivity index (χ2n) is 4.81. The van der Waals surface area contributed by atoms with Crippen LogP contribution in [0.15, 0.2) is 24.3 Å². The lowest BCUT2D eigenvalue weighted by Crippen LogP contribution is -1.94. The van der Waals surface area contributed by atoms with Crippen molar-refractivity contribution in [1.29, 1.82) is 0 Å². The van der Waals surface area contributed by atoms with E-state index in [1.165, 1.54) is 43.2 Å². The van der Waals surface area contributed by atoms with E-state index in [4.69, 9.17) is 23.2 Å². The molecule has 0 fully saturated rings. The van der Waals surface area contributed by atoms with Crippen LogP contribution in [0.1, 0.15) is 52.6 Å². The molecule has 2 unspecified atom stereocenters. The first-order valence-corrected chi connectivity index (χ1v) is 9.85. The van der Waals surface area contributed by atoms with Gasteiger partial charge >= 0.3 is 0 Å². The summed E-state index contributed by atoms with van der Waals surface area (Å²) < 4.78 is 0.105. The van der Waals surface area contributed by atoms with Gasteiger partial charge in [0.05, 0.1) is 0 Å². The second kappa shape index (κ2) is 8.71. The van der Waals surface area contributed by atoms with Crippen molar-refractivity contribution < 1.29 is 0 Å². The Labute approximate surface area is 135 Å². The first-order chi connectivity index (χ1) is 9.27. The Morgan fingerprint density at radius 3 is 1.79 bits per heavy atom. The zero-order valence-electron chi connectivity index (χ0n) is 11.0. The van der Waals surface area contributed by atoms with Crippen molar-refractivity contribution in [3.8, 4) is 0 Å². The summed E-state index contributed by atoms with van der Waals surface area (Å²) in [7, 11) is 0. The van der Waals surface area contributed by atoms with Gasteiger partial charge in [-0.05, 0) is 35.5 Å². The lowest BCUT2D eigenvalue weighted by Gasteiger charge is -2.15. The molecule has 0 saturated carbocycles. The Kier molecular flexibility index (Phi) is 7.28. The van der Waals surface area contributed by atoms with Crippen LogP contribution in [0.4, 0.5) is 0 Å². The van der Waals surface area contributed by atoms with E-state index < -0.39 is 0 Å². The van der Waals surface area contributed by atoms with Gasteiger partial charge in [-0.25, -0.2) is 0 Å². The number of hydrogen-bond acceptors (Lipinski definition) is 2. The van der Waals surface area contributed by atoms with Gasteiger partial charge in [0.1, 0.15) is 9.42 Å². The van der Waals surface area contributed by atoms with E-state index in [-0.39, 0.29) is 9.42 Å². The van der Waals surface area contributed by atoms with Gasteiger partial charge in [-0.1, -0.05) is 43.5 Å². The molecular weight excluding hydrogens is 315 g/mol. The van der Waals surface area contributed by atoms with Crippen LogP contribution in [0, 0.1) is 0 Å². The predicted octanol–water partition coefficient (Wildman–Crippen LogP) is 6.59. The Balaban J connectivity index is 2.08. The van der Waals surface area contributed by atoms with Crippen LogP contribution in [0.25, 0.3) is 0 Å². The summed E-state index contributed by atoms with van der Waals surface area (Å²) in [6, 6.07) is 8.45. The van der Waals surface area contributed by atoms with Crippen molar-refractivity contribution in [2.24, 2.45) is 0 Å². The summed E-state index contributed by atoms with van der Waals surface area (Å²) in [5.74, 6) is 2.30. The first-order valence-electron chi connectivity index (χ1n) is 6.88. The molecule has 1 heterocycles. The largest absolute Gasteiger partial charge is 0.137 e. The standard InChI is InChI=1S/C15H20Cl2S2/c16-14-12-7-6-8-13(11-12)15(17)19-10-5-3-1-2-4-9-18-14/h6-8,11,14-15H,1-5,9-10H2. The summed E-state index contributed by atoms with van der Waals surface area (Å²) in [5, 5.41) is 0. The highest BCUT2D eigenvalue weighted by Crippen LogP contribution is 2.38. The fourth-order valence-electron chi connectivity index (χ4n) is 2.14. The van der Waals surface area contributed by atoms with Gasteiger partial charge < -0.3 is 0 Å². The minimum atomic E-state index is 0.0526. The van der Waals surface area contributed by atoms with E-state index in [1.807, 2.05) is 23.5 Å². The molecule has 0 aliphatic carbocycles. The molecule has 0 aromatic heterocycles. The number of rotatable bonds is 0. The maximum absolute atomic E-state index is 6.47. The van der Waals surface area contributed by atoms with Crippen LogP contribution in [0.3, 0.4) is 0 Å². The van der Waals surface area contributed by atoms with Crippen LogP contribution in [-0.2, 0) is 0 Å². The van der Waals surface area contributed by atoms with Crippen molar-refractivity contribution in [1.82, 2.24) is 0 Å². The van der Waals surface area contributed by atoms with E-state index in [1.54, 1.807) is 0 Å². The molecule has 1 aromatic rings. The summed E-state index contributed by atoms with van der Waals surface area (Å²) >= 11 is 16.6. The van der Waals surface area contributed by atoms with Crippen molar-refractivity contribution in [3.05, 3.63) is 35.4 Å². The average molecular weight is 335 g/mol. The van der Waals surface area contributed by atoms with Crippen molar-refractivity contribution in [3.63, 3.8) is 0 Å². The molecule has 0 radical (unpaired) electrons. The molecule has 1 aliphatic heterocycles. The van der Waals surface area contributed by atoms with Gasteiger partial charge in [0.25, 0.3) is 0 Å². The Morgan fingerprint density at radius 2 is 1.26 bits per heavy atom. The number of alkyl halides is 2. The zero-order valence-corrected chi connectivity index (χ0v) is 14.1. The van der Waals surface area contributed by atoms with Crippen LogP contribution in [0.5, 0.6) is 0 Å². The minimum Gasteiger partial charge on any atom is -0.137 e. The fourth-order valence-corrected chi connectivity index (χ4v) is 4.78. The smallest absolute Gasteiger partial charge is 0.104 e. The minimum absolute atomic E-state index is 0.0526. The van der Waals surface area contributed by atoms with Crippen molar-refractivity contribution >= 4 is 46.7 Å². The second-order valence-corrected chi connectivity index (χ2v) is 8.63. The highest BCUT2D eigenvalue weighted by Gasteiger charge is 2.13. The van der Waals surface area contributed by atoms with Crippen LogP contribution >= 0.6 is 46.7 Å². The van der Waals surface area contributed by atoms with E-state index in [0.717, 1.165) is 11.5 Å². The molecule has 0 spiro atoms. The lowest BCUT2D eigenvalue weighted by atomic mass is 10.1. The maximum Gasteiger partial charge on any atom is 0.104 e. The highest BCUT2D eigenvalue weighted by atomic mass is 35.5. The van der Waals surface area contributed by atoms with Crippen LogP contribution < -0.4 is 0 Å². The summed E-state index contributed by atoms with van der Waals surface area (Å²) in [6.07, 6.45) is 6.54. The normalized spacial score (nSPS) is 26.6. The Hall–Kier alpha value is 0.500. The molecule has 0 nitrogen and oxygen atoms in total. The van der Waals surface area contributed by atoms with Gasteiger partial charge in [0.15, 0.2) is 0 Å². The third-order valence-corrected chi connectivity index (χ3v) is 6.69. The number of fused-ring (bicyclic) bond motifs is 2. The maximum atomic E-state index is 6.47. The topological polar surface area (TPSA) is 0 Å². The zero-order chi connectivity index (χ0) is 13.5.